The number of carbonyl (C=O) groups excluding carboxylic acids is 1. The van der Waals surface area contributed by atoms with E-state index >= 15 is 0 Å². The normalized spacial score (nSPS) is 10.3. The summed E-state index contributed by atoms with van der Waals surface area (Å²) in [6, 6.07) is 12.1. The summed E-state index contributed by atoms with van der Waals surface area (Å²) in [6.07, 6.45) is 0. The zero-order chi connectivity index (χ0) is 13.8. The lowest BCUT2D eigenvalue weighted by Gasteiger charge is -2.08. The maximum absolute atomic E-state index is 13.7. The van der Waals surface area contributed by atoms with Crippen LogP contribution in [-0.4, -0.2) is 12.4 Å². The number of ketones is 1. The van der Waals surface area contributed by atoms with Crippen molar-refractivity contribution in [2.45, 2.75) is 13.8 Å². The molecule has 0 radical (unpaired) electrons. The zero-order valence-corrected chi connectivity index (χ0v) is 10.9. The van der Waals surface area contributed by atoms with Crippen molar-refractivity contribution in [3.63, 3.8) is 0 Å². The van der Waals surface area contributed by atoms with E-state index in [-0.39, 0.29) is 18.1 Å². The Morgan fingerprint density at radius 2 is 1.89 bits per heavy atom. The Morgan fingerprint density at radius 3 is 2.63 bits per heavy atom. The second kappa shape index (κ2) is 5.65. The quantitative estimate of drug-likeness (QED) is 0.781. The van der Waals surface area contributed by atoms with E-state index in [1.54, 1.807) is 31.2 Å². The molecule has 2 nitrogen and oxygen atoms in total. The minimum Gasteiger partial charge on any atom is -0.482 e. The van der Waals surface area contributed by atoms with Crippen molar-refractivity contribution >= 4 is 5.78 Å². The minimum absolute atomic E-state index is 0.112. The Morgan fingerprint density at radius 1 is 1.16 bits per heavy atom. The van der Waals surface area contributed by atoms with E-state index in [1.807, 2.05) is 19.1 Å². The first-order chi connectivity index (χ1) is 9.08. The molecule has 0 aliphatic heterocycles. The van der Waals surface area contributed by atoms with Crippen LogP contribution in [0.3, 0.4) is 0 Å². The SMILES string of the molecule is Cc1cccc(C(=O)COc2cccc(C)c2F)c1. The fraction of sp³-hybridized carbons (Fsp3) is 0.188. The van der Waals surface area contributed by atoms with Crippen molar-refractivity contribution in [1.82, 2.24) is 0 Å². The molecule has 0 N–H and O–H groups in total. The van der Waals surface area contributed by atoms with Gasteiger partial charge >= 0.3 is 0 Å². The second-order valence-corrected chi connectivity index (χ2v) is 4.47. The predicted molar refractivity (Wildman–Crippen MR) is 72.1 cm³/mol. The molecule has 0 spiro atoms. The first kappa shape index (κ1) is 13.3. The van der Waals surface area contributed by atoms with Crippen molar-refractivity contribution in [3.05, 3.63) is 65.0 Å². The van der Waals surface area contributed by atoms with Gasteiger partial charge in [-0.25, -0.2) is 4.39 Å². The number of hydrogen-bond donors (Lipinski definition) is 0. The van der Waals surface area contributed by atoms with Gasteiger partial charge in [0.1, 0.15) is 0 Å². The third kappa shape index (κ3) is 3.19. The highest BCUT2D eigenvalue weighted by Gasteiger charge is 2.10. The molecule has 98 valence electrons. The summed E-state index contributed by atoms with van der Waals surface area (Å²) in [7, 11) is 0. The first-order valence-corrected chi connectivity index (χ1v) is 6.05. The van der Waals surface area contributed by atoms with Crippen molar-refractivity contribution < 1.29 is 13.9 Å². The molecule has 19 heavy (non-hydrogen) atoms. The van der Waals surface area contributed by atoms with Gasteiger partial charge in [-0.05, 0) is 31.5 Å². The molecule has 2 rings (SSSR count). The van der Waals surface area contributed by atoms with E-state index in [0.717, 1.165) is 5.56 Å². The molecule has 0 aliphatic carbocycles. The number of rotatable bonds is 4. The molecule has 0 bridgehead atoms. The van der Waals surface area contributed by atoms with Crippen LogP contribution in [-0.2, 0) is 0 Å². The van der Waals surface area contributed by atoms with Crippen LogP contribution in [0, 0.1) is 19.7 Å². The van der Waals surface area contributed by atoms with Crippen molar-refractivity contribution in [2.24, 2.45) is 0 Å². The van der Waals surface area contributed by atoms with E-state index in [4.69, 9.17) is 4.74 Å². The van der Waals surface area contributed by atoms with E-state index in [2.05, 4.69) is 0 Å². The van der Waals surface area contributed by atoms with Crippen LogP contribution in [0.5, 0.6) is 5.75 Å². The highest BCUT2D eigenvalue weighted by molar-refractivity contribution is 5.97. The highest BCUT2D eigenvalue weighted by atomic mass is 19.1. The predicted octanol–water partition coefficient (Wildman–Crippen LogP) is 3.70. The van der Waals surface area contributed by atoms with Crippen LogP contribution in [0.25, 0.3) is 0 Å². The number of aryl methyl sites for hydroxylation is 2. The van der Waals surface area contributed by atoms with Gasteiger partial charge in [0.05, 0.1) is 0 Å². The fourth-order valence-electron chi connectivity index (χ4n) is 1.78. The third-order valence-corrected chi connectivity index (χ3v) is 2.86. The van der Waals surface area contributed by atoms with Gasteiger partial charge in [0, 0.05) is 5.56 Å². The summed E-state index contributed by atoms with van der Waals surface area (Å²) in [5.74, 6) is -0.467. The molecule has 0 saturated carbocycles. The minimum atomic E-state index is -0.417. The zero-order valence-electron chi connectivity index (χ0n) is 10.9. The van der Waals surface area contributed by atoms with Gasteiger partial charge in [-0.1, -0.05) is 35.9 Å². The average molecular weight is 258 g/mol. The molecule has 0 fully saturated rings. The Balaban J connectivity index is 2.07. The Hall–Kier alpha value is -2.16. The van der Waals surface area contributed by atoms with E-state index in [9.17, 15) is 9.18 Å². The van der Waals surface area contributed by atoms with Gasteiger partial charge in [-0.2, -0.15) is 0 Å². The van der Waals surface area contributed by atoms with Gasteiger partial charge in [0.2, 0.25) is 0 Å². The molecular weight excluding hydrogens is 243 g/mol. The number of ether oxygens (including phenoxy) is 1. The Kier molecular flexibility index (Phi) is 3.95. The average Bonchev–Trinajstić information content (AvgIpc) is 2.40. The van der Waals surface area contributed by atoms with Crippen molar-refractivity contribution in [1.29, 1.82) is 0 Å². The van der Waals surface area contributed by atoms with Gasteiger partial charge in [0.25, 0.3) is 0 Å². The summed E-state index contributed by atoms with van der Waals surface area (Å²) >= 11 is 0. The van der Waals surface area contributed by atoms with Crippen LogP contribution in [0.15, 0.2) is 42.5 Å². The molecular formula is C16H15FO2. The van der Waals surface area contributed by atoms with E-state index in [1.165, 1.54) is 6.07 Å². The Bertz CT molecular complexity index is 605. The van der Waals surface area contributed by atoms with Crippen LogP contribution >= 0.6 is 0 Å². The molecule has 0 amide bonds. The fourth-order valence-corrected chi connectivity index (χ4v) is 1.78. The molecule has 0 unspecified atom stereocenters. The molecule has 0 atom stereocenters. The summed E-state index contributed by atoms with van der Waals surface area (Å²) in [6.45, 7) is 3.41. The van der Waals surface area contributed by atoms with Gasteiger partial charge in [-0.15, -0.1) is 0 Å². The molecule has 2 aromatic rings. The van der Waals surface area contributed by atoms with Crippen LogP contribution in [0.1, 0.15) is 21.5 Å². The highest BCUT2D eigenvalue weighted by Crippen LogP contribution is 2.19. The summed E-state index contributed by atoms with van der Waals surface area (Å²) in [4.78, 5) is 11.9. The first-order valence-electron chi connectivity index (χ1n) is 6.05. The summed E-state index contributed by atoms with van der Waals surface area (Å²) in [5, 5.41) is 0. The molecule has 0 aliphatic rings. The summed E-state index contributed by atoms with van der Waals surface area (Å²) in [5.41, 5.74) is 2.08. The lowest BCUT2D eigenvalue weighted by Crippen LogP contribution is -2.12. The monoisotopic (exact) mass is 258 g/mol. The van der Waals surface area contributed by atoms with Crippen LogP contribution in [0.4, 0.5) is 4.39 Å². The lowest BCUT2D eigenvalue weighted by atomic mass is 10.1. The Labute approximate surface area is 111 Å². The van der Waals surface area contributed by atoms with Gasteiger partial charge < -0.3 is 4.74 Å². The number of benzene rings is 2. The number of halogens is 1. The summed E-state index contributed by atoms with van der Waals surface area (Å²) < 4.78 is 18.9. The van der Waals surface area contributed by atoms with Crippen molar-refractivity contribution in [2.75, 3.05) is 6.61 Å². The topological polar surface area (TPSA) is 26.3 Å². The number of Topliss-reactive ketones (excluding diaryl/α,β-unsaturated/α-hetero) is 1. The van der Waals surface area contributed by atoms with Gasteiger partial charge in [-0.3, -0.25) is 4.79 Å². The van der Waals surface area contributed by atoms with Crippen LogP contribution < -0.4 is 4.74 Å². The standard InChI is InChI=1S/C16H15FO2/c1-11-5-3-7-13(9-11)14(18)10-19-15-8-4-6-12(2)16(15)17/h3-9H,10H2,1-2H3. The number of carbonyl (C=O) groups is 1. The second-order valence-electron chi connectivity index (χ2n) is 4.47. The van der Waals surface area contributed by atoms with Crippen LogP contribution in [0.2, 0.25) is 0 Å². The van der Waals surface area contributed by atoms with E-state index in [0.29, 0.717) is 11.1 Å². The molecule has 0 saturated heterocycles. The largest absolute Gasteiger partial charge is 0.482 e. The smallest absolute Gasteiger partial charge is 0.200 e. The van der Waals surface area contributed by atoms with Gasteiger partial charge in [0.15, 0.2) is 24.0 Å². The molecule has 0 aromatic heterocycles. The van der Waals surface area contributed by atoms with E-state index < -0.39 is 5.82 Å². The maximum Gasteiger partial charge on any atom is 0.200 e. The third-order valence-electron chi connectivity index (χ3n) is 2.86. The molecule has 0 heterocycles. The van der Waals surface area contributed by atoms with Crippen molar-refractivity contribution in [3.8, 4) is 5.75 Å². The molecule has 3 heteroatoms. The lowest BCUT2D eigenvalue weighted by molar-refractivity contribution is 0.0918. The molecule has 2 aromatic carbocycles. The number of hydrogen-bond acceptors (Lipinski definition) is 2. The maximum atomic E-state index is 13.7.